The predicted octanol–water partition coefficient (Wildman–Crippen LogP) is 0.553. The second kappa shape index (κ2) is 7.87. The van der Waals surface area contributed by atoms with Crippen LogP contribution in [0.25, 0.3) is 0 Å². The Labute approximate surface area is 136 Å². The predicted molar refractivity (Wildman–Crippen MR) is 83.5 cm³/mol. The average molecular weight is 336 g/mol. The lowest BCUT2D eigenvalue weighted by molar-refractivity contribution is -0.383. The highest BCUT2D eigenvalue weighted by Crippen LogP contribution is 2.31. The first kappa shape index (κ1) is 17.1. The van der Waals surface area contributed by atoms with Crippen LogP contribution in [0.3, 0.4) is 0 Å². The van der Waals surface area contributed by atoms with Crippen molar-refractivity contribution < 1.29 is 19.2 Å². The molecule has 0 aliphatic rings. The van der Waals surface area contributed by atoms with Crippen LogP contribution in [0.1, 0.15) is 17.5 Å². The molecule has 0 fully saturated rings. The first-order valence-corrected chi connectivity index (χ1v) is 7.03. The fourth-order valence-electron chi connectivity index (χ4n) is 1.98. The summed E-state index contributed by atoms with van der Waals surface area (Å²) in [5.74, 6) is -0.713. The van der Waals surface area contributed by atoms with Crippen molar-refractivity contribution >= 4 is 23.2 Å². The van der Waals surface area contributed by atoms with Gasteiger partial charge in [0.1, 0.15) is 6.33 Å². The minimum absolute atomic E-state index is 0.0369. The van der Waals surface area contributed by atoms with Gasteiger partial charge in [-0.2, -0.15) is 0 Å². The van der Waals surface area contributed by atoms with Crippen molar-refractivity contribution in [3.8, 4) is 0 Å². The molecule has 0 aliphatic heterocycles. The summed E-state index contributed by atoms with van der Waals surface area (Å²) in [6.45, 7) is 2.16. The Bertz CT molecular complexity index is 705. The highest BCUT2D eigenvalue weighted by molar-refractivity contribution is 5.92. The second-order valence-electron chi connectivity index (χ2n) is 4.51. The van der Waals surface area contributed by atoms with Crippen LogP contribution < -0.4 is 15.8 Å². The molecule has 0 aromatic carbocycles. The first-order valence-electron chi connectivity index (χ1n) is 7.03. The zero-order valence-electron chi connectivity index (χ0n) is 12.8. The van der Waals surface area contributed by atoms with Crippen molar-refractivity contribution in [2.45, 2.75) is 6.92 Å². The Morgan fingerprint density at radius 2 is 2.29 bits per heavy atom. The van der Waals surface area contributed by atoms with Gasteiger partial charge in [-0.05, 0) is 19.1 Å². The third kappa shape index (κ3) is 3.76. The van der Waals surface area contributed by atoms with E-state index in [1.54, 1.807) is 6.92 Å². The van der Waals surface area contributed by atoms with E-state index in [-0.39, 0.29) is 30.5 Å². The van der Waals surface area contributed by atoms with E-state index in [1.165, 1.54) is 23.3 Å². The summed E-state index contributed by atoms with van der Waals surface area (Å²) in [5.41, 5.74) is 4.26. The van der Waals surface area contributed by atoms with E-state index in [1.807, 2.05) is 0 Å². The van der Waals surface area contributed by atoms with E-state index < -0.39 is 16.5 Å². The van der Waals surface area contributed by atoms with Crippen LogP contribution in [-0.2, 0) is 0 Å². The van der Waals surface area contributed by atoms with Crippen LogP contribution in [0.4, 0.5) is 17.3 Å². The zero-order chi connectivity index (χ0) is 17.5. The van der Waals surface area contributed by atoms with E-state index >= 15 is 0 Å². The average Bonchev–Trinajstić information content (AvgIpc) is 3.11. The molecule has 2 rings (SSSR count). The molecule has 24 heavy (non-hydrogen) atoms. The maximum absolute atomic E-state index is 11.8. The first-order chi connectivity index (χ1) is 11.6. The normalized spacial score (nSPS) is 10.2. The molecule has 0 unspecified atom stereocenters. The lowest BCUT2D eigenvalue weighted by Crippen LogP contribution is -2.31. The maximum atomic E-state index is 11.8. The van der Waals surface area contributed by atoms with Gasteiger partial charge in [0.2, 0.25) is 11.6 Å². The quantitative estimate of drug-likeness (QED) is 0.464. The number of likely N-dealkylation sites (N-methyl/N-ethyl adjacent to an activating group) is 1. The van der Waals surface area contributed by atoms with E-state index in [0.29, 0.717) is 6.54 Å². The summed E-state index contributed by atoms with van der Waals surface area (Å²) in [7, 11) is 0. The molecule has 128 valence electrons. The summed E-state index contributed by atoms with van der Waals surface area (Å²) in [4.78, 5) is 31.8. The molecular weight excluding hydrogens is 320 g/mol. The third-order valence-electron chi connectivity index (χ3n) is 3.08. The SMILES string of the molecule is CCN(CCO)c1ncnc(NNC(=O)c2ccco2)c1[N+](=O)[O-]. The molecule has 2 aromatic rings. The second-order valence-corrected chi connectivity index (χ2v) is 4.51. The molecule has 0 saturated carbocycles. The number of nitro groups is 1. The number of hydrazine groups is 1. The number of aliphatic hydroxyl groups excluding tert-OH is 1. The number of carbonyl (C=O) groups excluding carboxylic acids is 1. The lowest BCUT2D eigenvalue weighted by atomic mass is 10.3. The number of aliphatic hydroxyl groups is 1. The number of furan rings is 1. The van der Waals surface area contributed by atoms with Crippen molar-refractivity contribution in [3.05, 3.63) is 40.6 Å². The molecule has 0 radical (unpaired) electrons. The van der Waals surface area contributed by atoms with Gasteiger partial charge in [-0.15, -0.1) is 0 Å². The molecule has 1 amide bonds. The Morgan fingerprint density at radius 3 is 2.88 bits per heavy atom. The molecule has 0 atom stereocenters. The van der Waals surface area contributed by atoms with Crippen LogP contribution in [0.2, 0.25) is 0 Å². The molecule has 0 spiro atoms. The zero-order valence-corrected chi connectivity index (χ0v) is 12.8. The van der Waals surface area contributed by atoms with Crippen molar-refractivity contribution in [3.63, 3.8) is 0 Å². The molecular formula is C13H16N6O5. The Kier molecular flexibility index (Phi) is 5.63. The summed E-state index contributed by atoms with van der Waals surface area (Å²) < 4.78 is 4.92. The topological polar surface area (TPSA) is 147 Å². The fraction of sp³-hybridized carbons (Fsp3) is 0.308. The van der Waals surface area contributed by atoms with Crippen LogP contribution in [-0.4, -0.2) is 45.6 Å². The monoisotopic (exact) mass is 336 g/mol. The number of aromatic nitrogens is 2. The molecule has 11 nitrogen and oxygen atoms in total. The van der Waals surface area contributed by atoms with Gasteiger partial charge in [-0.1, -0.05) is 0 Å². The van der Waals surface area contributed by atoms with E-state index in [9.17, 15) is 14.9 Å². The van der Waals surface area contributed by atoms with Crippen LogP contribution >= 0.6 is 0 Å². The van der Waals surface area contributed by atoms with Crippen molar-refractivity contribution in [2.24, 2.45) is 0 Å². The highest BCUT2D eigenvalue weighted by Gasteiger charge is 2.26. The number of hydrogen-bond donors (Lipinski definition) is 3. The van der Waals surface area contributed by atoms with Crippen molar-refractivity contribution in [1.82, 2.24) is 15.4 Å². The number of carbonyl (C=O) groups is 1. The molecule has 11 heteroatoms. The smallest absolute Gasteiger partial charge is 0.355 e. The van der Waals surface area contributed by atoms with E-state index in [4.69, 9.17) is 9.52 Å². The van der Waals surface area contributed by atoms with Gasteiger partial charge < -0.3 is 14.4 Å². The van der Waals surface area contributed by atoms with Crippen LogP contribution in [0, 0.1) is 10.1 Å². The number of nitrogens with one attached hydrogen (secondary N) is 2. The molecule has 0 saturated heterocycles. The molecule has 2 heterocycles. The summed E-state index contributed by atoms with van der Waals surface area (Å²) >= 11 is 0. The maximum Gasteiger partial charge on any atom is 0.355 e. The lowest BCUT2D eigenvalue weighted by Gasteiger charge is -2.20. The van der Waals surface area contributed by atoms with E-state index in [2.05, 4.69) is 20.8 Å². The summed E-state index contributed by atoms with van der Waals surface area (Å²) in [5, 5.41) is 20.5. The number of anilines is 2. The third-order valence-corrected chi connectivity index (χ3v) is 3.08. The van der Waals surface area contributed by atoms with E-state index in [0.717, 1.165) is 6.33 Å². The van der Waals surface area contributed by atoms with Crippen molar-refractivity contribution in [2.75, 3.05) is 30.0 Å². The highest BCUT2D eigenvalue weighted by atomic mass is 16.6. The van der Waals surface area contributed by atoms with Crippen molar-refractivity contribution in [1.29, 1.82) is 0 Å². The molecule has 0 bridgehead atoms. The van der Waals surface area contributed by atoms with Gasteiger partial charge in [0.25, 0.3) is 0 Å². The van der Waals surface area contributed by atoms with Gasteiger partial charge in [0, 0.05) is 13.1 Å². The number of amides is 1. The minimum atomic E-state index is -0.656. The van der Waals surface area contributed by atoms with Crippen LogP contribution in [0.5, 0.6) is 0 Å². The van der Waals surface area contributed by atoms with Gasteiger partial charge in [0.05, 0.1) is 17.8 Å². The van der Waals surface area contributed by atoms with Gasteiger partial charge in [-0.25, -0.2) is 9.97 Å². The standard InChI is InChI=1S/C13H16N6O5/c1-2-18(5-6-20)12-10(19(22)23)11(14-8-15-12)16-17-13(21)9-4-3-7-24-9/h3-4,7-8,20H,2,5-6H2,1H3,(H,17,21)(H,14,15,16). The largest absolute Gasteiger partial charge is 0.459 e. The van der Waals surface area contributed by atoms with Gasteiger partial charge >= 0.3 is 11.6 Å². The Hall–Kier alpha value is -3.21. The Morgan fingerprint density at radius 1 is 1.50 bits per heavy atom. The fourth-order valence-corrected chi connectivity index (χ4v) is 1.98. The number of hydrogen-bond acceptors (Lipinski definition) is 9. The van der Waals surface area contributed by atoms with Gasteiger partial charge in [-0.3, -0.25) is 25.8 Å². The number of rotatable bonds is 8. The molecule has 3 N–H and O–H groups in total. The summed E-state index contributed by atoms with van der Waals surface area (Å²) in [6.07, 6.45) is 2.46. The number of nitrogens with zero attached hydrogens (tertiary/aromatic N) is 4. The molecule has 0 aliphatic carbocycles. The minimum Gasteiger partial charge on any atom is -0.459 e. The Balaban J connectivity index is 2.26. The van der Waals surface area contributed by atoms with Crippen LogP contribution in [0.15, 0.2) is 29.1 Å². The summed E-state index contributed by atoms with van der Waals surface area (Å²) in [6, 6.07) is 2.98. The van der Waals surface area contributed by atoms with Gasteiger partial charge in [0.15, 0.2) is 5.76 Å². The molecule has 2 aromatic heterocycles.